The summed E-state index contributed by atoms with van der Waals surface area (Å²) in [5.41, 5.74) is 1.91. The maximum absolute atomic E-state index is 11.9. The van der Waals surface area contributed by atoms with Crippen LogP contribution in [-0.2, 0) is 9.47 Å². The van der Waals surface area contributed by atoms with E-state index in [9.17, 15) is 9.59 Å². The van der Waals surface area contributed by atoms with Crippen LogP contribution < -0.4 is 0 Å². The van der Waals surface area contributed by atoms with E-state index in [4.69, 9.17) is 9.47 Å². The maximum Gasteiger partial charge on any atom is 0.346 e. The lowest BCUT2D eigenvalue weighted by atomic mass is 9.91. The summed E-state index contributed by atoms with van der Waals surface area (Å²) in [5, 5.41) is 1.58. The quantitative estimate of drug-likeness (QED) is 0.618. The zero-order valence-electron chi connectivity index (χ0n) is 12.7. The summed E-state index contributed by atoms with van der Waals surface area (Å²) in [6.07, 6.45) is 1.85. The lowest BCUT2D eigenvalue weighted by molar-refractivity contribution is 0.0390. The third-order valence-electron chi connectivity index (χ3n) is 3.97. The van der Waals surface area contributed by atoms with Gasteiger partial charge < -0.3 is 9.47 Å². The van der Waals surface area contributed by atoms with Gasteiger partial charge in [0.25, 0.3) is 0 Å². The molecule has 4 heteroatoms. The zero-order chi connectivity index (χ0) is 15.7. The number of cyclic esters (lactones) is 2. The van der Waals surface area contributed by atoms with Crippen molar-refractivity contribution in [2.45, 2.75) is 32.8 Å². The molecule has 0 aliphatic carbocycles. The van der Waals surface area contributed by atoms with Crippen LogP contribution in [0.15, 0.2) is 30.3 Å². The smallest absolute Gasteiger partial charge is 0.346 e. The second-order valence-corrected chi connectivity index (χ2v) is 5.34. The van der Waals surface area contributed by atoms with E-state index in [1.165, 1.54) is 0 Å². The van der Waals surface area contributed by atoms with Gasteiger partial charge in [0.15, 0.2) is 0 Å². The van der Waals surface area contributed by atoms with Crippen molar-refractivity contribution < 1.29 is 19.1 Å². The highest BCUT2D eigenvalue weighted by Gasteiger charge is 2.28. The van der Waals surface area contributed by atoms with Crippen LogP contribution in [0, 0.1) is 0 Å². The lowest BCUT2D eigenvalue weighted by Crippen LogP contribution is -2.20. The summed E-state index contributed by atoms with van der Waals surface area (Å²) in [4.78, 5) is 23.9. The van der Waals surface area contributed by atoms with Crippen LogP contribution in [0.3, 0.4) is 0 Å². The van der Waals surface area contributed by atoms with Crippen LogP contribution in [-0.4, -0.2) is 18.5 Å². The van der Waals surface area contributed by atoms with Gasteiger partial charge in [-0.05, 0) is 36.4 Å². The van der Waals surface area contributed by atoms with Gasteiger partial charge in [-0.25, -0.2) is 9.59 Å². The number of esters is 2. The first kappa shape index (κ1) is 14.7. The largest absolute Gasteiger partial charge is 0.386 e. The SMILES string of the molecule is CCCC(OCC)c1ccc2c3c(cccc13)C(=O)OC2=O. The minimum absolute atomic E-state index is 0.0349. The fourth-order valence-electron chi connectivity index (χ4n) is 3.04. The number of rotatable bonds is 5. The molecule has 1 unspecified atom stereocenters. The van der Waals surface area contributed by atoms with Gasteiger partial charge in [-0.3, -0.25) is 0 Å². The molecule has 0 radical (unpaired) electrons. The fourth-order valence-corrected chi connectivity index (χ4v) is 3.04. The maximum atomic E-state index is 11.9. The molecule has 0 fully saturated rings. The van der Waals surface area contributed by atoms with E-state index in [2.05, 4.69) is 6.92 Å². The zero-order valence-corrected chi connectivity index (χ0v) is 12.7. The van der Waals surface area contributed by atoms with Gasteiger partial charge in [0, 0.05) is 12.0 Å². The molecule has 0 spiro atoms. The van der Waals surface area contributed by atoms with Crippen LogP contribution in [0.4, 0.5) is 0 Å². The molecule has 2 aromatic carbocycles. The van der Waals surface area contributed by atoms with Crippen LogP contribution in [0.5, 0.6) is 0 Å². The summed E-state index contributed by atoms with van der Waals surface area (Å²) in [7, 11) is 0. The number of benzene rings is 2. The molecule has 1 atom stereocenters. The van der Waals surface area contributed by atoms with E-state index in [0.29, 0.717) is 23.1 Å². The molecule has 0 bridgehead atoms. The number of carbonyl (C=O) groups excluding carboxylic acids is 2. The second-order valence-electron chi connectivity index (χ2n) is 5.34. The molecule has 0 amide bonds. The second kappa shape index (κ2) is 5.89. The van der Waals surface area contributed by atoms with Gasteiger partial charge in [0.2, 0.25) is 0 Å². The minimum Gasteiger partial charge on any atom is -0.386 e. The third kappa shape index (κ3) is 2.29. The number of hydrogen-bond acceptors (Lipinski definition) is 4. The summed E-state index contributed by atoms with van der Waals surface area (Å²) >= 11 is 0. The molecule has 22 heavy (non-hydrogen) atoms. The topological polar surface area (TPSA) is 52.6 Å². The Morgan fingerprint density at radius 2 is 1.77 bits per heavy atom. The summed E-state index contributed by atoms with van der Waals surface area (Å²) in [6, 6.07) is 9.09. The van der Waals surface area contributed by atoms with Gasteiger partial charge in [0.05, 0.1) is 17.2 Å². The molecule has 1 heterocycles. The average Bonchev–Trinajstić information content (AvgIpc) is 2.52. The molecular weight excluding hydrogens is 280 g/mol. The first-order valence-corrected chi connectivity index (χ1v) is 7.61. The van der Waals surface area contributed by atoms with Gasteiger partial charge in [-0.15, -0.1) is 0 Å². The Morgan fingerprint density at radius 3 is 2.45 bits per heavy atom. The molecule has 2 aromatic rings. The predicted octanol–water partition coefficient (Wildman–Crippen LogP) is 4.03. The highest BCUT2D eigenvalue weighted by atomic mass is 16.6. The van der Waals surface area contributed by atoms with Gasteiger partial charge in [-0.2, -0.15) is 0 Å². The number of ether oxygens (including phenoxy) is 2. The van der Waals surface area contributed by atoms with Crippen molar-refractivity contribution in [3.05, 3.63) is 47.0 Å². The van der Waals surface area contributed by atoms with E-state index in [1.807, 2.05) is 25.1 Å². The van der Waals surface area contributed by atoms with E-state index in [1.54, 1.807) is 12.1 Å². The van der Waals surface area contributed by atoms with Crippen molar-refractivity contribution >= 4 is 22.7 Å². The monoisotopic (exact) mass is 298 g/mol. The van der Waals surface area contributed by atoms with Gasteiger partial charge in [-0.1, -0.05) is 31.5 Å². The molecule has 3 rings (SSSR count). The first-order chi connectivity index (χ1) is 10.7. The molecule has 0 N–H and O–H groups in total. The Balaban J connectivity index is 2.25. The van der Waals surface area contributed by atoms with Gasteiger partial charge in [0.1, 0.15) is 0 Å². The molecular formula is C18H18O4. The van der Waals surface area contributed by atoms with E-state index >= 15 is 0 Å². The standard InChI is InChI=1S/C18H18O4/c1-3-6-15(21-4-2)11-9-10-14-16-12(11)7-5-8-13(16)17(19)22-18(14)20/h5,7-10,15H,3-4,6H2,1-2H3. The molecule has 0 aromatic heterocycles. The van der Waals surface area contributed by atoms with Crippen LogP contribution in [0.2, 0.25) is 0 Å². The lowest BCUT2D eigenvalue weighted by Gasteiger charge is -2.22. The van der Waals surface area contributed by atoms with E-state index in [-0.39, 0.29) is 6.10 Å². The predicted molar refractivity (Wildman–Crippen MR) is 83.0 cm³/mol. The van der Waals surface area contributed by atoms with Crippen molar-refractivity contribution in [2.75, 3.05) is 6.61 Å². The van der Waals surface area contributed by atoms with Crippen LogP contribution >= 0.6 is 0 Å². The molecule has 1 aliphatic rings. The summed E-state index contributed by atoms with van der Waals surface area (Å²) in [6.45, 7) is 4.70. The number of carbonyl (C=O) groups is 2. The highest BCUT2D eigenvalue weighted by Crippen LogP contribution is 2.35. The Bertz CT molecular complexity index is 722. The van der Waals surface area contributed by atoms with E-state index in [0.717, 1.165) is 23.8 Å². The first-order valence-electron chi connectivity index (χ1n) is 7.61. The Kier molecular flexibility index (Phi) is 3.94. The average molecular weight is 298 g/mol. The van der Waals surface area contributed by atoms with Crippen molar-refractivity contribution in [1.82, 2.24) is 0 Å². The Morgan fingerprint density at radius 1 is 1.05 bits per heavy atom. The molecule has 114 valence electrons. The van der Waals surface area contributed by atoms with Crippen molar-refractivity contribution in [2.24, 2.45) is 0 Å². The number of hydrogen-bond donors (Lipinski definition) is 0. The summed E-state index contributed by atoms with van der Waals surface area (Å²) < 4.78 is 10.6. The van der Waals surface area contributed by atoms with Crippen molar-refractivity contribution in [3.63, 3.8) is 0 Å². The van der Waals surface area contributed by atoms with Gasteiger partial charge >= 0.3 is 11.9 Å². The normalized spacial score (nSPS) is 15.0. The van der Waals surface area contributed by atoms with Crippen LogP contribution in [0.1, 0.15) is 59.1 Å². The Labute approximate surface area is 129 Å². The Hall–Kier alpha value is -2.20. The molecule has 1 aliphatic heterocycles. The van der Waals surface area contributed by atoms with Crippen LogP contribution in [0.25, 0.3) is 10.8 Å². The fraction of sp³-hybridized carbons (Fsp3) is 0.333. The van der Waals surface area contributed by atoms with E-state index < -0.39 is 11.9 Å². The molecule has 0 saturated heterocycles. The van der Waals surface area contributed by atoms with Crippen molar-refractivity contribution in [3.8, 4) is 0 Å². The van der Waals surface area contributed by atoms with Crippen molar-refractivity contribution in [1.29, 1.82) is 0 Å². The third-order valence-corrected chi connectivity index (χ3v) is 3.97. The minimum atomic E-state index is -0.580. The molecule has 4 nitrogen and oxygen atoms in total. The summed E-state index contributed by atoms with van der Waals surface area (Å²) in [5.74, 6) is -1.16. The molecule has 0 saturated carbocycles. The highest BCUT2D eigenvalue weighted by molar-refractivity contribution is 6.21.